The van der Waals surface area contributed by atoms with Crippen molar-refractivity contribution in [3.63, 3.8) is 0 Å². The van der Waals surface area contributed by atoms with Gasteiger partial charge in [0.15, 0.2) is 0 Å². The van der Waals surface area contributed by atoms with Gasteiger partial charge < -0.3 is 9.84 Å². The van der Waals surface area contributed by atoms with Crippen LogP contribution in [0, 0.1) is 0 Å². The number of hydrogen-bond donors (Lipinski definition) is 2. The van der Waals surface area contributed by atoms with Crippen molar-refractivity contribution in [2.45, 2.75) is 38.7 Å². The number of benzene rings is 1. The highest BCUT2D eigenvalue weighted by Crippen LogP contribution is 2.26. The molecule has 1 aromatic carbocycles. The molecule has 2 unspecified atom stereocenters. The Morgan fingerprint density at radius 2 is 2.10 bits per heavy atom. The van der Waals surface area contributed by atoms with Crippen LogP contribution in [0.1, 0.15) is 31.9 Å². The third-order valence-corrected chi connectivity index (χ3v) is 2.74. The molecule has 4 nitrogen and oxygen atoms in total. The maximum atomic E-state index is 12.1. The van der Waals surface area contributed by atoms with Gasteiger partial charge >= 0.3 is 12.3 Å². The van der Waals surface area contributed by atoms with Crippen molar-refractivity contribution in [1.29, 1.82) is 0 Å². The standard InChI is InChI=1S/C13H16F3NO3/c1-3-8(2)17-11(12(18)19)9-5-4-6-10(7-9)20-13(14,15)16/h4-8,11,17H,3H2,1-2H3,(H,18,19). The van der Waals surface area contributed by atoms with E-state index in [1.807, 2.05) is 6.92 Å². The van der Waals surface area contributed by atoms with E-state index >= 15 is 0 Å². The van der Waals surface area contributed by atoms with E-state index in [1.54, 1.807) is 6.92 Å². The molecule has 112 valence electrons. The zero-order valence-corrected chi connectivity index (χ0v) is 11.1. The normalized spacial score (nSPS) is 14.7. The van der Waals surface area contributed by atoms with E-state index in [-0.39, 0.29) is 11.6 Å². The molecule has 1 rings (SSSR count). The molecule has 0 aromatic heterocycles. The van der Waals surface area contributed by atoms with E-state index in [4.69, 9.17) is 5.11 Å². The fourth-order valence-electron chi connectivity index (χ4n) is 1.60. The minimum absolute atomic E-state index is 0.0803. The van der Waals surface area contributed by atoms with Crippen molar-refractivity contribution in [3.05, 3.63) is 29.8 Å². The first-order chi connectivity index (χ1) is 9.23. The lowest BCUT2D eigenvalue weighted by Gasteiger charge is -2.20. The second-order valence-electron chi connectivity index (χ2n) is 4.37. The number of aliphatic carboxylic acids is 1. The second kappa shape index (κ2) is 6.60. The first kappa shape index (κ1) is 16.3. The van der Waals surface area contributed by atoms with Crippen molar-refractivity contribution in [2.75, 3.05) is 0 Å². The molecule has 2 atom stereocenters. The van der Waals surface area contributed by atoms with Gasteiger partial charge in [0.25, 0.3) is 0 Å². The number of hydrogen-bond acceptors (Lipinski definition) is 3. The van der Waals surface area contributed by atoms with Gasteiger partial charge in [0.05, 0.1) is 0 Å². The first-order valence-corrected chi connectivity index (χ1v) is 6.07. The lowest BCUT2D eigenvalue weighted by Crippen LogP contribution is -2.35. The Bertz CT molecular complexity index is 462. The molecule has 20 heavy (non-hydrogen) atoms. The Labute approximate surface area is 114 Å². The summed E-state index contributed by atoms with van der Waals surface area (Å²) in [6, 6.07) is 3.80. The SMILES string of the molecule is CCC(C)NC(C(=O)O)c1cccc(OC(F)(F)F)c1. The molecule has 0 spiro atoms. The van der Waals surface area contributed by atoms with E-state index in [0.717, 1.165) is 12.1 Å². The number of carboxylic acids is 1. The summed E-state index contributed by atoms with van der Waals surface area (Å²) in [4.78, 5) is 11.2. The summed E-state index contributed by atoms with van der Waals surface area (Å²) < 4.78 is 40.2. The highest BCUT2D eigenvalue weighted by Gasteiger charge is 2.31. The molecule has 0 fully saturated rings. The molecular formula is C13H16F3NO3. The van der Waals surface area contributed by atoms with Crippen LogP contribution in [0.5, 0.6) is 5.75 Å². The summed E-state index contributed by atoms with van der Waals surface area (Å²) in [5, 5.41) is 12.0. The molecule has 0 radical (unpaired) electrons. The predicted octanol–water partition coefficient (Wildman–Crippen LogP) is 3.10. The third-order valence-electron chi connectivity index (χ3n) is 2.74. The van der Waals surface area contributed by atoms with Gasteiger partial charge in [-0.25, -0.2) is 0 Å². The fraction of sp³-hybridized carbons (Fsp3) is 0.462. The Kier molecular flexibility index (Phi) is 5.38. The van der Waals surface area contributed by atoms with Crippen molar-refractivity contribution in [1.82, 2.24) is 5.32 Å². The number of halogens is 3. The smallest absolute Gasteiger partial charge is 0.480 e. The molecule has 7 heteroatoms. The Balaban J connectivity index is 2.97. The average molecular weight is 291 g/mol. The van der Waals surface area contributed by atoms with Crippen LogP contribution in [-0.2, 0) is 4.79 Å². The number of rotatable bonds is 6. The first-order valence-electron chi connectivity index (χ1n) is 6.07. The minimum Gasteiger partial charge on any atom is -0.480 e. The molecule has 0 amide bonds. The molecule has 1 aromatic rings. The van der Waals surface area contributed by atoms with E-state index < -0.39 is 24.1 Å². The zero-order valence-electron chi connectivity index (χ0n) is 11.1. The summed E-state index contributed by atoms with van der Waals surface area (Å²) in [6.07, 6.45) is -4.11. The van der Waals surface area contributed by atoms with Crippen LogP contribution in [0.25, 0.3) is 0 Å². The maximum absolute atomic E-state index is 12.1. The largest absolute Gasteiger partial charge is 0.573 e. The van der Waals surface area contributed by atoms with Gasteiger partial charge in [0.1, 0.15) is 11.8 Å². The molecule has 2 N–H and O–H groups in total. The summed E-state index contributed by atoms with van der Waals surface area (Å²) >= 11 is 0. The van der Waals surface area contributed by atoms with Crippen molar-refractivity contribution in [3.8, 4) is 5.75 Å². The van der Waals surface area contributed by atoms with E-state index in [0.29, 0.717) is 6.42 Å². The van der Waals surface area contributed by atoms with Crippen LogP contribution in [-0.4, -0.2) is 23.5 Å². The van der Waals surface area contributed by atoms with Crippen LogP contribution in [0.2, 0.25) is 0 Å². The Morgan fingerprint density at radius 3 is 2.60 bits per heavy atom. The molecule has 0 aliphatic heterocycles. The van der Waals surface area contributed by atoms with E-state index in [9.17, 15) is 18.0 Å². The molecule has 0 saturated heterocycles. The number of carbonyl (C=O) groups is 1. The van der Waals surface area contributed by atoms with E-state index in [1.165, 1.54) is 12.1 Å². The van der Waals surface area contributed by atoms with Crippen LogP contribution < -0.4 is 10.1 Å². The average Bonchev–Trinajstić information content (AvgIpc) is 2.33. The van der Waals surface area contributed by atoms with Crippen molar-refractivity contribution >= 4 is 5.97 Å². The lowest BCUT2D eigenvalue weighted by atomic mass is 10.1. The molecule has 0 aliphatic carbocycles. The van der Waals surface area contributed by atoms with Crippen molar-refractivity contribution < 1.29 is 27.8 Å². The molecule has 0 heterocycles. The number of carboxylic acid groups (broad SMARTS) is 1. The van der Waals surface area contributed by atoms with Gasteiger partial charge in [-0.2, -0.15) is 0 Å². The highest BCUT2D eigenvalue weighted by atomic mass is 19.4. The summed E-state index contributed by atoms with van der Waals surface area (Å²) in [5.41, 5.74) is 0.208. The summed E-state index contributed by atoms with van der Waals surface area (Å²) in [6.45, 7) is 3.67. The number of nitrogens with one attached hydrogen (secondary N) is 1. The Morgan fingerprint density at radius 1 is 1.45 bits per heavy atom. The van der Waals surface area contributed by atoms with Gasteiger partial charge in [0, 0.05) is 6.04 Å². The molecule has 0 bridgehead atoms. The van der Waals surface area contributed by atoms with Crippen LogP contribution in [0.4, 0.5) is 13.2 Å². The third kappa shape index (κ3) is 5.08. The molecule has 0 aliphatic rings. The van der Waals surface area contributed by atoms with Crippen LogP contribution in [0.3, 0.4) is 0 Å². The van der Waals surface area contributed by atoms with Gasteiger partial charge in [-0.1, -0.05) is 19.1 Å². The van der Waals surface area contributed by atoms with Gasteiger partial charge in [-0.05, 0) is 31.0 Å². The second-order valence-corrected chi connectivity index (χ2v) is 4.37. The van der Waals surface area contributed by atoms with Crippen LogP contribution in [0.15, 0.2) is 24.3 Å². The highest BCUT2D eigenvalue weighted by molar-refractivity contribution is 5.75. The zero-order chi connectivity index (χ0) is 15.3. The monoisotopic (exact) mass is 291 g/mol. The van der Waals surface area contributed by atoms with Gasteiger partial charge in [-0.3, -0.25) is 10.1 Å². The predicted molar refractivity (Wildman–Crippen MR) is 66.4 cm³/mol. The maximum Gasteiger partial charge on any atom is 0.573 e. The fourth-order valence-corrected chi connectivity index (χ4v) is 1.60. The van der Waals surface area contributed by atoms with E-state index in [2.05, 4.69) is 10.1 Å². The Hall–Kier alpha value is -1.76. The summed E-state index contributed by atoms with van der Waals surface area (Å²) in [7, 11) is 0. The molecule has 0 saturated carbocycles. The quantitative estimate of drug-likeness (QED) is 0.845. The van der Waals surface area contributed by atoms with Crippen molar-refractivity contribution in [2.24, 2.45) is 0 Å². The molecular weight excluding hydrogens is 275 g/mol. The minimum atomic E-state index is -4.80. The summed E-state index contributed by atoms with van der Waals surface area (Å²) in [5.74, 6) is -1.60. The van der Waals surface area contributed by atoms with Gasteiger partial charge in [0.2, 0.25) is 0 Å². The topological polar surface area (TPSA) is 58.6 Å². The number of ether oxygens (including phenoxy) is 1. The van der Waals surface area contributed by atoms with Crippen LogP contribution >= 0.6 is 0 Å². The number of alkyl halides is 3. The van der Waals surface area contributed by atoms with Gasteiger partial charge in [-0.15, -0.1) is 13.2 Å². The lowest BCUT2D eigenvalue weighted by molar-refractivity contribution is -0.274.